The van der Waals surface area contributed by atoms with Gasteiger partial charge in [0.25, 0.3) is 10.0 Å². The number of halogens is 1. The Balaban J connectivity index is 2.03. The van der Waals surface area contributed by atoms with Crippen molar-refractivity contribution in [3.8, 4) is 11.5 Å². The van der Waals surface area contributed by atoms with E-state index >= 15 is 0 Å². The van der Waals surface area contributed by atoms with Gasteiger partial charge in [-0.2, -0.15) is 0 Å². The maximum atomic E-state index is 14.0. The van der Waals surface area contributed by atoms with Crippen molar-refractivity contribution >= 4 is 39.1 Å². The van der Waals surface area contributed by atoms with Crippen molar-refractivity contribution in [2.45, 2.75) is 51.1 Å². The first-order chi connectivity index (χ1) is 20.0. The fourth-order valence-electron chi connectivity index (χ4n) is 4.22. The smallest absolute Gasteiger partial charge is 0.264 e. The number of hydrogen-bond acceptors (Lipinski definition) is 6. The zero-order valence-electron chi connectivity index (χ0n) is 24.6. The van der Waals surface area contributed by atoms with Crippen LogP contribution in [-0.4, -0.2) is 58.5 Å². The molecule has 0 fully saturated rings. The molecule has 0 aromatic heterocycles. The fourth-order valence-corrected chi connectivity index (χ4v) is 5.88. The number of ether oxygens (including phenoxy) is 2. The summed E-state index contributed by atoms with van der Waals surface area (Å²) in [6.07, 6.45) is 1.70. The Morgan fingerprint density at radius 2 is 1.64 bits per heavy atom. The third-order valence-corrected chi connectivity index (χ3v) is 8.90. The van der Waals surface area contributed by atoms with Gasteiger partial charge >= 0.3 is 0 Å². The molecule has 0 radical (unpaired) electrons. The van der Waals surface area contributed by atoms with E-state index in [-0.39, 0.29) is 28.1 Å². The summed E-state index contributed by atoms with van der Waals surface area (Å²) in [5.41, 5.74) is 1.81. The number of anilines is 1. The van der Waals surface area contributed by atoms with E-state index < -0.39 is 28.5 Å². The lowest BCUT2D eigenvalue weighted by Gasteiger charge is -2.32. The normalized spacial score (nSPS) is 11.9. The SMILES string of the molecule is CCCCNC(=O)[C@H](C)N(Cc1ccc(OC)cc1)C(=O)CN(c1ccc(OC)c(Cl)c1)S(=O)(=O)c1ccc(C)cc1. The van der Waals surface area contributed by atoms with E-state index in [1.165, 1.54) is 36.3 Å². The molecular weight excluding hydrogens is 578 g/mol. The molecule has 0 bridgehead atoms. The van der Waals surface area contributed by atoms with Gasteiger partial charge in [0, 0.05) is 13.1 Å². The number of nitrogens with one attached hydrogen (secondary N) is 1. The van der Waals surface area contributed by atoms with Crippen LogP contribution in [0.3, 0.4) is 0 Å². The van der Waals surface area contributed by atoms with Crippen molar-refractivity contribution in [3.05, 3.63) is 82.9 Å². The summed E-state index contributed by atoms with van der Waals surface area (Å²) in [7, 11) is -1.20. The Bertz CT molecular complexity index is 1460. The van der Waals surface area contributed by atoms with Gasteiger partial charge in [0.05, 0.1) is 29.8 Å². The second kappa shape index (κ2) is 14.9. The largest absolute Gasteiger partial charge is 0.497 e. The molecule has 1 N–H and O–H groups in total. The van der Waals surface area contributed by atoms with Crippen LogP contribution in [0.2, 0.25) is 5.02 Å². The highest BCUT2D eigenvalue weighted by atomic mass is 35.5. The van der Waals surface area contributed by atoms with Crippen molar-refractivity contribution < 1.29 is 27.5 Å². The summed E-state index contributed by atoms with van der Waals surface area (Å²) in [5, 5.41) is 3.06. The first kappa shape index (κ1) is 32.8. The van der Waals surface area contributed by atoms with Gasteiger partial charge in [-0.1, -0.05) is 54.8 Å². The maximum absolute atomic E-state index is 14.0. The number of sulfonamides is 1. The number of hydrogen-bond donors (Lipinski definition) is 1. The monoisotopic (exact) mass is 615 g/mol. The molecule has 2 amide bonds. The van der Waals surface area contributed by atoms with Gasteiger partial charge in [0.15, 0.2) is 0 Å². The summed E-state index contributed by atoms with van der Waals surface area (Å²) in [5.74, 6) is 0.115. The average Bonchev–Trinajstić information content (AvgIpc) is 2.98. The minimum absolute atomic E-state index is 0.0138. The van der Waals surface area contributed by atoms with E-state index in [2.05, 4.69) is 5.32 Å². The molecule has 42 heavy (non-hydrogen) atoms. The third kappa shape index (κ3) is 8.17. The van der Waals surface area contributed by atoms with E-state index in [1.54, 1.807) is 56.5 Å². The molecule has 0 aliphatic heterocycles. The molecule has 0 aliphatic rings. The topological polar surface area (TPSA) is 105 Å². The van der Waals surface area contributed by atoms with Crippen LogP contribution in [0.15, 0.2) is 71.6 Å². The molecule has 0 aliphatic carbocycles. The Morgan fingerprint density at radius 1 is 0.976 bits per heavy atom. The zero-order valence-corrected chi connectivity index (χ0v) is 26.2. The number of nitrogens with zero attached hydrogens (tertiary/aromatic N) is 2. The highest BCUT2D eigenvalue weighted by Gasteiger charge is 2.32. The van der Waals surface area contributed by atoms with Gasteiger partial charge < -0.3 is 19.7 Å². The number of unbranched alkanes of at least 4 members (excludes halogenated alkanes) is 1. The van der Waals surface area contributed by atoms with Crippen molar-refractivity contribution in [1.82, 2.24) is 10.2 Å². The van der Waals surface area contributed by atoms with Crippen LogP contribution in [0.5, 0.6) is 11.5 Å². The average molecular weight is 616 g/mol. The Morgan fingerprint density at radius 3 is 2.21 bits per heavy atom. The van der Waals surface area contributed by atoms with E-state index in [4.69, 9.17) is 21.1 Å². The summed E-state index contributed by atoms with van der Waals surface area (Å²) in [6.45, 7) is 5.48. The molecule has 3 rings (SSSR count). The molecule has 9 nitrogen and oxygen atoms in total. The van der Waals surface area contributed by atoms with Crippen molar-refractivity contribution in [2.24, 2.45) is 0 Å². The summed E-state index contributed by atoms with van der Waals surface area (Å²) in [6, 6.07) is 17.1. The Kier molecular flexibility index (Phi) is 11.6. The van der Waals surface area contributed by atoms with Gasteiger partial charge in [-0.05, 0) is 68.3 Å². The summed E-state index contributed by atoms with van der Waals surface area (Å²) < 4.78 is 39.4. The second-order valence-corrected chi connectivity index (χ2v) is 12.1. The molecule has 0 heterocycles. The number of carbonyl (C=O) groups is 2. The predicted octanol–water partition coefficient (Wildman–Crippen LogP) is 5.19. The second-order valence-electron chi connectivity index (χ2n) is 9.83. The van der Waals surface area contributed by atoms with Crippen LogP contribution in [0, 0.1) is 6.92 Å². The lowest BCUT2D eigenvalue weighted by atomic mass is 10.1. The Hall–Kier alpha value is -3.76. The molecule has 226 valence electrons. The first-order valence-corrected chi connectivity index (χ1v) is 15.5. The van der Waals surface area contributed by atoms with Gasteiger partial charge in [-0.15, -0.1) is 0 Å². The molecule has 3 aromatic carbocycles. The van der Waals surface area contributed by atoms with Crippen LogP contribution in [0.4, 0.5) is 5.69 Å². The van der Waals surface area contributed by atoms with E-state index in [0.717, 1.165) is 28.3 Å². The van der Waals surface area contributed by atoms with Gasteiger partial charge in [-0.25, -0.2) is 8.42 Å². The standard InChI is InChI=1S/C31H38ClN3O6S/c1-6-7-18-33-31(37)23(3)34(20-24-10-13-26(40-4)14-11-24)30(36)21-35(25-12-17-29(41-5)28(32)19-25)42(38,39)27-15-8-22(2)9-16-27/h8-17,19,23H,6-7,18,20-21H2,1-5H3,(H,33,37)/t23-/m0/s1. The zero-order chi connectivity index (χ0) is 30.9. The molecular formula is C31H38ClN3O6S. The molecule has 0 spiro atoms. The highest BCUT2D eigenvalue weighted by Crippen LogP contribution is 2.32. The molecule has 0 unspecified atom stereocenters. The van der Waals surface area contributed by atoms with Gasteiger partial charge in [0.1, 0.15) is 24.1 Å². The van der Waals surface area contributed by atoms with Crippen LogP contribution in [0.25, 0.3) is 0 Å². The number of aryl methyl sites for hydroxylation is 1. The minimum atomic E-state index is -4.21. The van der Waals surface area contributed by atoms with Crippen molar-refractivity contribution in [3.63, 3.8) is 0 Å². The molecule has 1 atom stereocenters. The highest BCUT2D eigenvalue weighted by molar-refractivity contribution is 7.92. The number of rotatable bonds is 14. The molecule has 11 heteroatoms. The van der Waals surface area contributed by atoms with Crippen LogP contribution >= 0.6 is 11.6 Å². The molecule has 0 saturated heterocycles. The van der Waals surface area contributed by atoms with Crippen molar-refractivity contribution in [2.75, 3.05) is 31.6 Å². The van der Waals surface area contributed by atoms with E-state index in [1.807, 2.05) is 13.8 Å². The number of benzene rings is 3. The van der Waals surface area contributed by atoms with Crippen molar-refractivity contribution in [1.29, 1.82) is 0 Å². The summed E-state index contributed by atoms with van der Waals surface area (Å²) in [4.78, 5) is 28.5. The quantitative estimate of drug-likeness (QED) is 0.250. The van der Waals surface area contributed by atoms with Gasteiger partial charge in [0.2, 0.25) is 11.8 Å². The molecule has 0 saturated carbocycles. The van der Waals surface area contributed by atoms with Crippen LogP contribution in [-0.2, 0) is 26.2 Å². The molecule has 3 aromatic rings. The lowest BCUT2D eigenvalue weighted by molar-refractivity contribution is -0.139. The lowest BCUT2D eigenvalue weighted by Crippen LogP contribution is -2.51. The maximum Gasteiger partial charge on any atom is 0.264 e. The van der Waals surface area contributed by atoms with Gasteiger partial charge in [-0.3, -0.25) is 13.9 Å². The van der Waals surface area contributed by atoms with Crippen LogP contribution < -0.4 is 19.1 Å². The number of methoxy groups -OCH3 is 2. The number of carbonyl (C=O) groups excluding carboxylic acids is 2. The van der Waals surface area contributed by atoms with E-state index in [0.29, 0.717) is 18.0 Å². The minimum Gasteiger partial charge on any atom is -0.497 e. The Labute approximate surface area is 253 Å². The number of amides is 2. The fraction of sp³-hybridized carbons (Fsp3) is 0.355. The van der Waals surface area contributed by atoms with Crippen LogP contribution in [0.1, 0.15) is 37.8 Å². The third-order valence-electron chi connectivity index (χ3n) is 6.82. The van der Waals surface area contributed by atoms with E-state index in [9.17, 15) is 18.0 Å². The first-order valence-electron chi connectivity index (χ1n) is 13.6. The summed E-state index contributed by atoms with van der Waals surface area (Å²) >= 11 is 6.37. The predicted molar refractivity (Wildman–Crippen MR) is 165 cm³/mol.